The van der Waals surface area contributed by atoms with E-state index in [2.05, 4.69) is 59.2 Å². The minimum atomic E-state index is -0.613. The van der Waals surface area contributed by atoms with Gasteiger partial charge in [0.2, 0.25) is 6.09 Å². The summed E-state index contributed by atoms with van der Waals surface area (Å²) in [5.74, 6) is 4.68. The van der Waals surface area contributed by atoms with Gasteiger partial charge in [0.1, 0.15) is 0 Å². The summed E-state index contributed by atoms with van der Waals surface area (Å²) in [5, 5.41) is 4.81. The molecule has 0 spiro atoms. The molecule has 1 amide bonds. The Balaban J connectivity index is 0.000000524. The van der Waals surface area contributed by atoms with Gasteiger partial charge in [-0.1, -0.05) is 52.3 Å². The zero-order chi connectivity index (χ0) is 21.4. The van der Waals surface area contributed by atoms with Gasteiger partial charge >= 0.3 is 27.5 Å². The van der Waals surface area contributed by atoms with E-state index >= 15 is 0 Å². The molecule has 1 heterocycles. The van der Waals surface area contributed by atoms with E-state index in [0.717, 1.165) is 40.5 Å². The Hall–Kier alpha value is -1.16. The Labute approximate surface area is 191 Å². The molecule has 0 N–H and O–H groups in total. The molecule has 4 nitrogen and oxygen atoms in total. The van der Waals surface area contributed by atoms with Crippen molar-refractivity contribution < 1.29 is 27.4 Å². The molecule has 0 bridgehead atoms. The number of carbonyl (C=O) groups excluding carboxylic acids is 1. The molecule has 29 heavy (non-hydrogen) atoms. The number of carbonyl (C=O) groups is 1. The second-order valence-electron chi connectivity index (χ2n) is 7.74. The third-order valence-corrected chi connectivity index (χ3v) is 6.36. The molecule has 6 heteroatoms. The van der Waals surface area contributed by atoms with Gasteiger partial charge in [0.25, 0.3) is 0 Å². The number of aryl methyl sites for hydroxylation is 1. The first-order valence-electron chi connectivity index (χ1n) is 9.53. The number of aromatic nitrogens is 1. The van der Waals surface area contributed by atoms with Crippen LogP contribution in [0, 0.1) is 43.9 Å². The molecule has 2 aromatic rings. The monoisotopic (exact) mass is 598 g/mol. The van der Waals surface area contributed by atoms with Crippen LogP contribution in [0.5, 0.6) is 0 Å². The van der Waals surface area contributed by atoms with Gasteiger partial charge in [0.05, 0.1) is 12.6 Å². The van der Waals surface area contributed by atoms with Crippen LogP contribution in [-0.4, -0.2) is 18.2 Å². The summed E-state index contributed by atoms with van der Waals surface area (Å²) in [5.41, 5.74) is 2.28. The van der Waals surface area contributed by atoms with Gasteiger partial charge in [0, 0.05) is 6.20 Å². The molecule has 1 aromatic carbocycles. The SMILES string of the molecule is CC1C(C)C(C)C(C)C1C.COC(=O)[N-]c1cc(C)cc2cccnc12.[CH3-].[Cl][Ir+2]. The number of rotatable bonds is 1. The first-order valence-corrected chi connectivity index (χ1v) is 12.5. The van der Waals surface area contributed by atoms with Gasteiger partial charge in [-0.15, -0.1) is 5.69 Å². The van der Waals surface area contributed by atoms with Crippen molar-refractivity contribution in [1.82, 2.24) is 4.98 Å². The number of pyridine rings is 1. The Morgan fingerprint density at radius 1 is 1.03 bits per heavy atom. The molecule has 164 valence electrons. The molecule has 0 atom stereocenters. The predicted molar refractivity (Wildman–Crippen MR) is 120 cm³/mol. The summed E-state index contributed by atoms with van der Waals surface area (Å²) >= 11 is 1.47. The molecule has 1 aliphatic carbocycles. The van der Waals surface area contributed by atoms with E-state index in [9.17, 15) is 4.79 Å². The molecular weight excluding hydrogens is 564 g/mol. The van der Waals surface area contributed by atoms with E-state index in [4.69, 9.17) is 0 Å². The number of hydrogen-bond donors (Lipinski definition) is 0. The van der Waals surface area contributed by atoms with Crippen LogP contribution in [-0.2, 0) is 22.6 Å². The van der Waals surface area contributed by atoms with Crippen molar-refractivity contribution in [3.05, 3.63) is 48.8 Å². The summed E-state index contributed by atoms with van der Waals surface area (Å²) in [6.45, 7) is 13.9. The molecule has 1 aliphatic rings. The molecule has 0 radical (unpaired) electrons. The van der Waals surface area contributed by atoms with Crippen molar-refractivity contribution in [3.8, 4) is 0 Å². The maximum absolute atomic E-state index is 11.1. The average Bonchev–Trinajstić information content (AvgIpc) is 2.87. The zero-order valence-electron chi connectivity index (χ0n) is 18.7. The molecule has 3 rings (SSSR count). The Morgan fingerprint density at radius 2 is 1.52 bits per heavy atom. The van der Waals surface area contributed by atoms with Crippen LogP contribution in [0.1, 0.15) is 40.2 Å². The summed E-state index contributed by atoms with van der Waals surface area (Å²) < 4.78 is 4.51. The van der Waals surface area contributed by atoms with Crippen molar-refractivity contribution >= 4 is 32.3 Å². The predicted octanol–water partition coefficient (Wildman–Crippen LogP) is 7.63. The summed E-state index contributed by atoms with van der Waals surface area (Å²) in [6.07, 6.45) is 1.06. The molecule has 0 aliphatic heterocycles. The van der Waals surface area contributed by atoms with Crippen molar-refractivity contribution in [2.24, 2.45) is 29.6 Å². The molecule has 1 saturated carbocycles. The van der Waals surface area contributed by atoms with Crippen LogP contribution in [0.15, 0.2) is 30.5 Å². The fourth-order valence-corrected chi connectivity index (χ4v) is 3.94. The van der Waals surface area contributed by atoms with Crippen LogP contribution >= 0.6 is 9.58 Å². The standard InChI is InChI=1S/C12H12N2O2.C10H20.CH3.ClH.Ir/c1-8-6-9-4-3-5-13-11(9)10(7-8)14-12(15)16-2;1-6-7(2)9(4)10(5)8(6)3;;;/h3-7H,1-2H3,(H,14,15);6-10H,1-5H3;1H3;1H;/q;;-1;;+3/p-2. The second kappa shape index (κ2) is 13.2. The number of benzene rings is 1. The van der Waals surface area contributed by atoms with Gasteiger partial charge in [-0.2, -0.15) is 0 Å². The Bertz CT molecular complexity index is 727. The zero-order valence-corrected chi connectivity index (χ0v) is 21.8. The van der Waals surface area contributed by atoms with Crippen molar-refractivity contribution in [1.29, 1.82) is 0 Å². The van der Waals surface area contributed by atoms with Gasteiger partial charge in [-0.25, -0.2) is 0 Å². The van der Waals surface area contributed by atoms with Gasteiger partial charge in [-0.3, -0.25) is 9.78 Å². The number of amides is 1. The van der Waals surface area contributed by atoms with Crippen molar-refractivity contribution in [3.63, 3.8) is 0 Å². The van der Waals surface area contributed by atoms with Crippen LogP contribution < -0.4 is 0 Å². The Kier molecular flexibility index (Phi) is 12.7. The normalized spacial score (nSPS) is 24.9. The summed E-state index contributed by atoms with van der Waals surface area (Å²) in [7, 11) is 5.94. The number of fused-ring (bicyclic) bond motifs is 1. The van der Waals surface area contributed by atoms with E-state index in [-0.39, 0.29) is 7.43 Å². The van der Waals surface area contributed by atoms with E-state index in [1.54, 1.807) is 6.20 Å². The van der Waals surface area contributed by atoms with E-state index in [1.807, 2.05) is 31.2 Å². The fourth-order valence-electron chi connectivity index (χ4n) is 3.94. The minimum absolute atomic E-state index is 0. The number of halogens is 1. The molecule has 1 fully saturated rings. The number of hydrogen-bond acceptors (Lipinski definition) is 3. The molecule has 1 aromatic heterocycles. The number of ether oxygens (including phenoxy) is 1. The number of nitrogens with zero attached hydrogens (tertiary/aromatic N) is 2. The summed E-state index contributed by atoms with van der Waals surface area (Å²) in [4.78, 5) is 15.3. The molecular formula is C23H34ClIrN2O2. The average molecular weight is 598 g/mol. The first kappa shape index (κ1) is 27.8. The quantitative estimate of drug-likeness (QED) is 0.318. The van der Waals surface area contributed by atoms with E-state index in [1.165, 1.54) is 25.0 Å². The second-order valence-corrected chi connectivity index (χ2v) is 7.74. The van der Waals surface area contributed by atoms with E-state index < -0.39 is 6.09 Å². The summed E-state index contributed by atoms with van der Waals surface area (Å²) in [6, 6.07) is 7.60. The van der Waals surface area contributed by atoms with Crippen LogP contribution in [0.25, 0.3) is 16.2 Å². The van der Waals surface area contributed by atoms with Gasteiger partial charge in [0.15, 0.2) is 0 Å². The van der Waals surface area contributed by atoms with E-state index in [0.29, 0.717) is 11.2 Å². The third kappa shape index (κ3) is 7.24. The topological polar surface area (TPSA) is 53.3 Å². The van der Waals surface area contributed by atoms with Crippen molar-refractivity contribution in [2.45, 2.75) is 41.5 Å². The van der Waals surface area contributed by atoms with Crippen molar-refractivity contribution in [2.75, 3.05) is 7.11 Å². The van der Waals surface area contributed by atoms with Gasteiger partial charge < -0.3 is 17.5 Å². The Morgan fingerprint density at radius 3 is 1.97 bits per heavy atom. The number of methoxy groups -OCH3 is 1. The van der Waals surface area contributed by atoms with Crippen LogP contribution in [0.2, 0.25) is 0 Å². The van der Waals surface area contributed by atoms with Gasteiger partial charge in [-0.05, 0) is 54.0 Å². The van der Waals surface area contributed by atoms with Crippen LogP contribution in [0.4, 0.5) is 10.5 Å². The first-order chi connectivity index (χ1) is 13.3. The molecule has 0 unspecified atom stereocenters. The fraction of sp³-hybridized carbons (Fsp3) is 0.522. The molecule has 0 saturated heterocycles. The third-order valence-electron chi connectivity index (χ3n) is 6.36. The maximum atomic E-state index is 11.1. The van der Waals surface area contributed by atoms with Crippen LogP contribution in [0.3, 0.4) is 0 Å².